The second-order valence-corrected chi connectivity index (χ2v) is 9.60. The van der Waals surface area contributed by atoms with E-state index in [1.54, 1.807) is 19.9 Å². The van der Waals surface area contributed by atoms with Gasteiger partial charge in [-0.05, 0) is 68.1 Å². The van der Waals surface area contributed by atoms with Crippen LogP contribution in [0.15, 0.2) is 76.0 Å². The normalized spacial score (nSPS) is 11.9. The number of esters is 1. The van der Waals surface area contributed by atoms with Gasteiger partial charge in [0.25, 0.3) is 0 Å². The third-order valence-corrected chi connectivity index (χ3v) is 6.86. The Balaban J connectivity index is 1.60. The number of carbonyl (C=O) groups excluding carboxylic acids is 1. The molecular formula is C28H25F4NO3S. The first-order valence-electron chi connectivity index (χ1n) is 11.7. The first-order chi connectivity index (χ1) is 17.7. The van der Waals surface area contributed by atoms with Crippen molar-refractivity contribution >= 4 is 28.9 Å². The molecule has 37 heavy (non-hydrogen) atoms. The molecule has 0 saturated carbocycles. The van der Waals surface area contributed by atoms with E-state index in [1.807, 2.05) is 46.8 Å². The highest BCUT2D eigenvalue weighted by Gasteiger charge is 2.31. The summed E-state index contributed by atoms with van der Waals surface area (Å²) in [7, 11) is 0. The average molecular weight is 532 g/mol. The smallest absolute Gasteiger partial charge is 0.416 e. The summed E-state index contributed by atoms with van der Waals surface area (Å²) in [5.74, 6) is -1.29. The van der Waals surface area contributed by atoms with Crippen LogP contribution >= 0.6 is 11.9 Å². The van der Waals surface area contributed by atoms with E-state index < -0.39 is 23.5 Å². The van der Waals surface area contributed by atoms with Gasteiger partial charge in [0.1, 0.15) is 11.4 Å². The SMILES string of the molecule is CCOC(=O)c1oc2ccc(SN(CCc3ccccc3)Cc3ccc(C(F)(F)F)cc3F)cc2c1C. The van der Waals surface area contributed by atoms with Gasteiger partial charge < -0.3 is 9.15 Å². The number of rotatable bonds is 9. The number of benzene rings is 3. The minimum Gasteiger partial charge on any atom is -0.460 e. The molecule has 194 valence electrons. The highest BCUT2D eigenvalue weighted by Crippen LogP contribution is 2.34. The van der Waals surface area contributed by atoms with Crippen molar-refractivity contribution in [1.82, 2.24) is 4.31 Å². The van der Waals surface area contributed by atoms with Crippen LogP contribution in [0.4, 0.5) is 17.6 Å². The standard InChI is InChI=1S/C28H25F4NO3S/c1-3-35-27(34)26-18(2)23-16-22(11-12-25(23)36-26)37-33(14-13-19-7-5-4-6-8-19)17-20-9-10-21(15-24(20)29)28(30,31)32/h4-12,15-16H,3,13-14,17H2,1-2H3. The largest absolute Gasteiger partial charge is 0.460 e. The van der Waals surface area contributed by atoms with E-state index in [0.717, 1.165) is 21.9 Å². The van der Waals surface area contributed by atoms with Gasteiger partial charge in [-0.2, -0.15) is 13.2 Å². The Hall–Kier alpha value is -3.30. The van der Waals surface area contributed by atoms with Crippen molar-refractivity contribution in [2.24, 2.45) is 0 Å². The van der Waals surface area contributed by atoms with Gasteiger partial charge in [0.05, 0.1) is 12.2 Å². The molecule has 0 aliphatic carbocycles. The van der Waals surface area contributed by atoms with E-state index in [0.29, 0.717) is 30.2 Å². The fraction of sp³-hybridized carbons (Fsp3) is 0.250. The second-order valence-electron chi connectivity index (χ2n) is 8.43. The fourth-order valence-electron chi connectivity index (χ4n) is 3.89. The van der Waals surface area contributed by atoms with E-state index in [2.05, 4.69) is 0 Å². The molecule has 4 nitrogen and oxygen atoms in total. The summed E-state index contributed by atoms with van der Waals surface area (Å²) < 4.78 is 66.3. The monoisotopic (exact) mass is 531 g/mol. The maximum absolute atomic E-state index is 14.7. The zero-order valence-electron chi connectivity index (χ0n) is 20.3. The van der Waals surface area contributed by atoms with Crippen molar-refractivity contribution in [3.05, 3.63) is 101 Å². The summed E-state index contributed by atoms with van der Waals surface area (Å²) in [5, 5.41) is 0.747. The van der Waals surface area contributed by atoms with Crippen molar-refractivity contribution in [3.63, 3.8) is 0 Å². The molecule has 4 aromatic rings. The molecule has 0 aliphatic heterocycles. The minimum absolute atomic E-state index is 0.0952. The first kappa shape index (κ1) is 26.8. The van der Waals surface area contributed by atoms with Gasteiger partial charge in [-0.1, -0.05) is 36.4 Å². The lowest BCUT2D eigenvalue weighted by atomic mass is 10.1. The Morgan fingerprint density at radius 2 is 1.81 bits per heavy atom. The summed E-state index contributed by atoms with van der Waals surface area (Å²) in [6.45, 7) is 4.34. The average Bonchev–Trinajstić information content (AvgIpc) is 3.20. The molecule has 0 radical (unpaired) electrons. The lowest BCUT2D eigenvalue weighted by Gasteiger charge is -2.22. The van der Waals surface area contributed by atoms with Crippen LogP contribution in [0.2, 0.25) is 0 Å². The van der Waals surface area contributed by atoms with Crippen LogP contribution in [-0.2, 0) is 23.9 Å². The molecule has 1 aromatic heterocycles. The summed E-state index contributed by atoms with van der Waals surface area (Å²) in [4.78, 5) is 13.0. The summed E-state index contributed by atoms with van der Waals surface area (Å²) in [6, 6.07) is 17.8. The number of hydrogen-bond donors (Lipinski definition) is 0. The topological polar surface area (TPSA) is 42.7 Å². The molecule has 0 atom stereocenters. The molecule has 0 fully saturated rings. The summed E-state index contributed by atoms with van der Waals surface area (Å²) in [6.07, 6.45) is -3.95. The summed E-state index contributed by atoms with van der Waals surface area (Å²) >= 11 is 1.36. The Labute approximate surface area is 216 Å². The van der Waals surface area contributed by atoms with Crippen molar-refractivity contribution in [2.45, 2.75) is 37.9 Å². The Morgan fingerprint density at radius 1 is 1.05 bits per heavy atom. The van der Waals surface area contributed by atoms with Gasteiger partial charge in [-0.25, -0.2) is 13.5 Å². The van der Waals surface area contributed by atoms with Gasteiger partial charge in [0.2, 0.25) is 5.76 Å². The zero-order valence-corrected chi connectivity index (χ0v) is 21.1. The van der Waals surface area contributed by atoms with Crippen molar-refractivity contribution in [1.29, 1.82) is 0 Å². The van der Waals surface area contributed by atoms with Crippen LogP contribution in [-0.4, -0.2) is 23.4 Å². The third kappa shape index (κ3) is 6.53. The van der Waals surface area contributed by atoms with Crippen LogP contribution in [0.3, 0.4) is 0 Å². The number of hydrogen-bond acceptors (Lipinski definition) is 5. The van der Waals surface area contributed by atoms with Crippen molar-refractivity contribution in [3.8, 4) is 0 Å². The Kier molecular flexibility index (Phi) is 8.24. The van der Waals surface area contributed by atoms with Crippen LogP contribution in [0.1, 0.15) is 39.7 Å². The van der Waals surface area contributed by atoms with Crippen LogP contribution in [0.5, 0.6) is 0 Å². The summed E-state index contributed by atoms with van der Waals surface area (Å²) in [5.41, 5.74) is 1.42. The van der Waals surface area contributed by atoms with Gasteiger partial charge in [-0.3, -0.25) is 0 Å². The highest BCUT2D eigenvalue weighted by atomic mass is 32.2. The second kappa shape index (κ2) is 11.4. The minimum atomic E-state index is -4.61. The molecule has 4 rings (SSSR count). The predicted octanol–water partition coefficient (Wildman–Crippen LogP) is 7.83. The van der Waals surface area contributed by atoms with Crippen molar-refractivity contribution in [2.75, 3.05) is 13.2 Å². The molecule has 0 aliphatic rings. The molecule has 9 heteroatoms. The molecule has 0 N–H and O–H groups in total. The Morgan fingerprint density at radius 3 is 2.49 bits per heavy atom. The number of halogens is 4. The molecule has 0 spiro atoms. The van der Waals surface area contributed by atoms with E-state index in [-0.39, 0.29) is 24.5 Å². The highest BCUT2D eigenvalue weighted by molar-refractivity contribution is 7.97. The lowest BCUT2D eigenvalue weighted by Crippen LogP contribution is -2.19. The molecule has 3 aromatic carbocycles. The zero-order chi connectivity index (χ0) is 26.6. The number of carbonyl (C=O) groups is 1. The van der Waals surface area contributed by atoms with E-state index in [4.69, 9.17) is 9.15 Å². The van der Waals surface area contributed by atoms with Crippen molar-refractivity contribution < 1.29 is 31.5 Å². The number of nitrogens with zero attached hydrogens (tertiary/aromatic N) is 1. The molecule has 0 bridgehead atoms. The van der Waals surface area contributed by atoms with Gasteiger partial charge in [0.15, 0.2) is 0 Å². The number of alkyl halides is 3. The maximum Gasteiger partial charge on any atom is 0.416 e. The van der Waals surface area contributed by atoms with Crippen LogP contribution in [0.25, 0.3) is 11.0 Å². The molecule has 0 saturated heterocycles. The molecular weight excluding hydrogens is 506 g/mol. The number of furan rings is 1. The van der Waals surface area contributed by atoms with E-state index in [9.17, 15) is 22.4 Å². The Bertz CT molecular complexity index is 1390. The fourth-order valence-corrected chi connectivity index (χ4v) is 4.88. The maximum atomic E-state index is 14.7. The van der Waals surface area contributed by atoms with E-state index in [1.165, 1.54) is 18.0 Å². The van der Waals surface area contributed by atoms with Crippen LogP contribution in [0, 0.1) is 12.7 Å². The van der Waals surface area contributed by atoms with Crippen LogP contribution < -0.4 is 0 Å². The predicted molar refractivity (Wildman–Crippen MR) is 135 cm³/mol. The molecule has 0 amide bonds. The van der Waals surface area contributed by atoms with Gasteiger partial charge in [-0.15, -0.1) is 0 Å². The lowest BCUT2D eigenvalue weighted by molar-refractivity contribution is -0.137. The molecule has 0 unspecified atom stereocenters. The third-order valence-electron chi connectivity index (χ3n) is 5.82. The first-order valence-corrected chi connectivity index (χ1v) is 12.5. The van der Waals surface area contributed by atoms with E-state index >= 15 is 0 Å². The number of aryl methyl sites for hydroxylation is 1. The quantitative estimate of drug-likeness (QED) is 0.125. The van der Waals surface area contributed by atoms with Gasteiger partial charge >= 0.3 is 12.1 Å². The number of fused-ring (bicyclic) bond motifs is 1. The molecule has 1 heterocycles. The number of ether oxygens (including phenoxy) is 1. The van der Waals surface area contributed by atoms with Gasteiger partial charge in [0, 0.05) is 34.5 Å².